The predicted molar refractivity (Wildman–Crippen MR) is 79.2 cm³/mol. The van der Waals surface area contributed by atoms with Gasteiger partial charge in [0, 0.05) is 11.7 Å². The van der Waals surface area contributed by atoms with Crippen LogP contribution in [0.4, 0.5) is 5.69 Å². The van der Waals surface area contributed by atoms with Crippen molar-refractivity contribution in [3.05, 3.63) is 29.3 Å². The summed E-state index contributed by atoms with van der Waals surface area (Å²) < 4.78 is 0. The average Bonchev–Trinajstić information content (AvgIpc) is 2.36. The Morgan fingerprint density at radius 1 is 1.22 bits per heavy atom. The van der Waals surface area contributed by atoms with E-state index in [1.54, 1.807) is 0 Å². The van der Waals surface area contributed by atoms with Crippen molar-refractivity contribution in [2.75, 3.05) is 25.5 Å². The SMILES string of the molecule is Cc1cccc(NC(C)C2CCN(C)CC2)c1C. The molecule has 1 aliphatic rings. The van der Waals surface area contributed by atoms with E-state index in [1.165, 1.54) is 42.7 Å². The molecule has 18 heavy (non-hydrogen) atoms. The highest BCUT2D eigenvalue weighted by atomic mass is 15.1. The van der Waals surface area contributed by atoms with Crippen LogP contribution in [0.2, 0.25) is 0 Å². The molecule has 0 spiro atoms. The Morgan fingerprint density at radius 2 is 1.89 bits per heavy atom. The van der Waals surface area contributed by atoms with Crippen LogP contribution in [-0.2, 0) is 0 Å². The van der Waals surface area contributed by atoms with Gasteiger partial charge in [0.2, 0.25) is 0 Å². The maximum absolute atomic E-state index is 3.72. The number of nitrogens with zero attached hydrogens (tertiary/aromatic N) is 1. The van der Waals surface area contributed by atoms with Crippen LogP contribution in [0.1, 0.15) is 30.9 Å². The van der Waals surface area contributed by atoms with E-state index in [-0.39, 0.29) is 0 Å². The van der Waals surface area contributed by atoms with Gasteiger partial charge in [-0.1, -0.05) is 12.1 Å². The molecule has 1 unspecified atom stereocenters. The monoisotopic (exact) mass is 246 g/mol. The minimum absolute atomic E-state index is 0.569. The number of hydrogen-bond acceptors (Lipinski definition) is 2. The molecule has 1 atom stereocenters. The zero-order valence-corrected chi connectivity index (χ0v) is 12.2. The molecular formula is C16H26N2. The van der Waals surface area contributed by atoms with Gasteiger partial charge in [-0.25, -0.2) is 0 Å². The summed E-state index contributed by atoms with van der Waals surface area (Å²) in [5.74, 6) is 0.807. The number of likely N-dealkylation sites (tertiary alicyclic amines) is 1. The lowest BCUT2D eigenvalue weighted by Crippen LogP contribution is -2.37. The van der Waals surface area contributed by atoms with Crippen molar-refractivity contribution < 1.29 is 0 Å². The van der Waals surface area contributed by atoms with Crippen LogP contribution in [0.25, 0.3) is 0 Å². The molecule has 2 nitrogen and oxygen atoms in total. The van der Waals surface area contributed by atoms with Gasteiger partial charge in [0.05, 0.1) is 0 Å². The number of hydrogen-bond donors (Lipinski definition) is 1. The van der Waals surface area contributed by atoms with Crippen molar-refractivity contribution in [1.29, 1.82) is 0 Å². The third kappa shape index (κ3) is 3.05. The van der Waals surface area contributed by atoms with Crippen molar-refractivity contribution >= 4 is 5.69 Å². The van der Waals surface area contributed by atoms with Gasteiger partial charge in [-0.05, 0) is 76.9 Å². The molecule has 1 saturated heterocycles. The van der Waals surface area contributed by atoms with Crippen molar-refractivity contribution in [3.8, 4) is 0 Å². The van der Waals surface area contributed by atoms with Crippen LogP contribution in [-0.4, -0.2) is 31.1 Å². The fourth-order valence-corrected chi connectivity index (χ4v) is 2.80. The van der Waals surface area contributed by atoms with Gasteiger partial charge in [0.1, 0.15) is 0 Å². The van der Waals surface area contributed by atoms with Crippen LogP contribution in [0, 0.1) is 19.8 Å². The van der Waals surface area contributed by atoms with E-state index in [0.717, 1.165) is 5.92 Å². The first kappa shape index (κ1) is 13.4. The van der Waals surface area contributed by atoms with Crippen LogP contribution < -0.4 is 5.32 Å². The van der Waals surface area contributed by atoms with Gasteiger partial charge < -0.3 is 10.2 Å². The van der Waals surface area contributed by atoms with E-state index in [1.807, 2.05) is 0 Å². The second-order valence-corrected chi connectivity index (χ2v) is 5.82. The number of rotatable bonds is 3. The van der Waals surface area contributed by atoms with Crippen molar-refractivity contribution in [1.82, 2.24) is 4.90 Å². The molecule has 0 saturated carbocycles. The fraction of sp³-hybridized carbons (Fsp3) is 0.625. The molecule has 1 aromatic rings. The molecule has 1 heterocycles. The summed E-state index contributed by atoms with van der Waals surface area (Å²) in [4.78, 5) is 2.43. The van der Waals surface area contributed by atoms with Gasteiger partial charge in [-0.3, -0.25) is 0 Å². The number of piperidine rings is 1. The molecule has 1 aliphatic heterocycles. The third-order valence-corrected chi connectivity index (χ3v) is 4.46. The average molecular weight is 246 g/mol. The van der Waals surface area contributed by atoms with Gasteiger partial charge in [0.25, 0.3) is 0 Å². The molecule has 1 fully saturated rings. The third-order valence-electron chi connectivity index (χ3n) is 4.46. The Labute approximate surface area is 111 Å². The Balaban J connectivity index is 1.98. The second-order valence-electron chi connectivity index (χ2n) is 5.82. The van der Waals surface area contributed by atoms with Gasteiger partial charge in [0.15, 0.2) is 0 Å². The first-order chi connectivity index (χ1) is 8.58. The van der Waals surface area contributed by atoms with E-state index in [2.05, 4.69) is 56.2 Å². The lowest BCUT2D eigenvalue weighted by Gasteiger charge is -2.33. The summed E-state index contributed by atoms with van der Waals surface area (Å²) in [6.45, 7) is 9.20. The summed E-state index contributed by atoms with van der Waals surface area (Å²) in [5, 5.41) is 3.72. The first-order valence-corrected chi connectivity index (χ1v) is 7.09. The summed E-state index contributed by atoms with van der Waals surface area (Å²) in [6, 6.07) is 7.10. The fourth-order valence-electron chi connectivity index (χ4n) is 2.80. The van der Waals surface area contributed by atoms with Crippen LogP contribution in [0.3, 0.4) is 0 Å². The molecule has 1 N–H and O–H groups in total. The zero-order chi connectivity index (χ0) is 13.1. The molecule has 0 bridgehead atoms. The number of nitrogens with one attached hydrogen (secondary N) is 1. The summed E-state index contributed by atoms with van der Waals surface area (Å²) in [7, 11) is 2.22. The molecule has 0 aromatic heterocycles. The molecule has 2 heteroatoms. The van der Waals surface area contributed by atoms with Crippen LogP contribution >= 0.6 is 0 Å². The predicted octanol–water partition coefficient (Wildman–Crippen LogP) is 3.45. The molecule has 1 aromatic carbocycles. The van der Waals surface area contributed by atoms with Gasteiger partial charge in [-0.15, -0.1) is 0 Å². The number of benzene rings is 1. The van der Waals surface area contributed by atoms with E-state index in [9.17, 15) is 0 Å². The maximum Gasteiger partial charge on any atom is 0.0374 e. The number of anilines is 1. The topological polar surface area (TPSA) is 15.3 Å². The van der Waals surface area contributed by atoms with Crippen LogP contribution in [0.5, 0.6) is 0 Å². The lowest BCUT2D eigenvalue weighted by molar-refractivity contribution is 0.208. The zero-order valence-electron chi connectivity index (χ0n) is 12.2. The van der Waals surface area contributed by atoms with E-state index in [4.69, 9.17) is 0 Å². The minimum Gasteiger partial charge on any atom is -0.382 e. The van der Waals surface area contributed by atoms with Crippen LogP contribution in [0.15, 0.2) is 18.2 Å². The van der Waals surface area contributed by atoms with Crippen molar-refractivity contribution in [2.24, 2.45) is 5.92 Å². The standard InChI is InChI=1S/C16H26N2/c1-12-6-5-7-16(13(12)2)17-14(3)15-8-10-18(4)11-9-15/h5-7,14-15,17H,8-11H2,1-4H3. The summed E-state index contributed by atoms with van der Waals surface area (Å²) >= 11 is 0. The Morgan fingerprint density at radius 3 is 2.56 bits per heavy atom. The van der Waals surface area contributed by atoms with E-state index >= 15 is 0 Å². The lowest BCUT2D eigenvalue weighted by atomic mass is 9.90. The Kier molecular flexibility index (Phi) is 4.28. The highest BCUT2D eigenvalue weighted by Crippen LogP contribution is 2.25. The minimum atomic E-state index is 0.569. The molecule has 100 valence electrons. The van der Waals surface area contributed by atoms with E-state index < -0.39 is 0 Å². The Bertz CT molecular complexity index is 392. The molecule has 0 amide bonds. The summed E-state index contributed by atoms with van der Waals surface area (Å²) in [6.07, 6.45) is 2.63. The number of aryl methyl sites for hydroxylation is 1. The highest BCUT2D eigenvalue weighted by molar-refractivity contribution is 5.54. The highest BCUT2D eigenvalue weighted by Gasteiger charge is 2.22. The Hall–Kier alpha value is -1.02. The summed E-state index contributed by atoms with van der Waals surface area (Å²) in [5.41, 5.74) is 4.06. The maximum atomic E-state index is 3.72. The quantitative estimate of drug-likeness (QED) is 0.879. The molecular weight excluding hydrogens is 220 g/mol. The largest absolute Gasteiger partial charge is 0.382 e. The van der Waals surface area contributed by atoms with Gasteiger partial charge in [-0.2, -0.15) is 0 Å². The molecule has 0 radical (unpaired) electrons. The molecule has 0 aliphatic carbocycles. The second kappa shape index (κ2) is 5.75. The van der Waals surface area contributed by atoms with Crippen molar-refractivity contribution in [2.45, 2.75) is 39.7 Å². The van der Waals surface area contributed by atoms with Gasteiger partial charge >= 0.3 is 0 Å². The van der Waals surface area contributed by atoms with E-state index in [0.29, 0.717) is 6.04 Å². The first-order valence-electron chi connectivity index (χ1n) is 7.09. The van der Waals surface area contributed by atoms with Crippen molar-refractivity contribution in [3.63, 3.8) is 0 Å². The smallest absolute Gasteiger partial charge is 0.0374 e. The normalized spacial score (nSPS) is 19.8. The molecule has 2 rings (SSSR count).